The minimum absolute atomic E-state index is 0.0995. The number of sulfonamides is 1. The zero-order valence-corrected chi connectivity index (χ0v) is 18.4. The average molecular weight is 440 g/mol. The van der Waals surface area contributed by atoms with Crippen molar-refractivity contribution in [2.75, 3.05) is 5.32 Å². The molecule has 2 aromatic rings. The molecule has 2 aromatic carbocycles. The number of aliphatic hydroxyl groups is 1. The Balaban J connectivity index is 1.63. The van der Waals surface area contributed by atoms with Crippen LogP contribution in [0.4, 0.5) is 10.5 Å². The quantitative estimate of drug-likeness (QED) is 0.675. The lowest BCUT2D eigenvalue weighted by molar-refractivity contribution is 0.0784. The number of fused-ring (bicyclic) bond motifs is 2. The van der Waals surface area contributed by atoms with Gasteiger partial charge in [0.05, 0.1) is 22.1 Å². The molecule has 0 aliphatic heterocycles. The van der Waals surface area contributed by atoms with E-state index in [0.29, 0.717) is 11.3 Å². The van der Waals surface area contributed by atoms with Gasteiger partial charge in [-0.2, -0.15) is 5.26 Å². The SMILES string of the molecule is CC(C)(O)c1cccc(S(=O)(=O)NC(=O)Nc2c3c(c(C#N)c4c2CCC4)CCC3)c1. The molecule has 0 bridgehead atoms. The molecule has 0 heterocycles. The lowest BCUT2D eigenvalue weighted by Crippen LogP contribution is -2.35. The van der Waals surface area contributed by atoms with Crippen LogP contribution in [-0.2, 0) is 41.3 Å². The molecule has 0 radical (unpaired) electrons. The summed E-state index contributed by atoms with van der Waals surface area (Å²) in [6.45, 7) is 3.12. The van der Waals surface area contributed by atoms with Gasteiger partial charge in [0.25, 0.3) is 10.0 Å². The minimum Gasteiger partial charge on any atom is -0.386 e. The number of rotatable bonds is 4. The Kier molecular flexibility index (Phi) is 5.28. The van der Waals surface area contributed by atoms with Crippen molar-refractivity contribution in [1.82, 2.24) is 4.72 Å². The first kappa shape index (κ1) is 21.3. The van der Waals surface area contributed by atoms with Gasteiger partial charge in [0.1, 0.15) is 0 Å². The molecule has 0 atom stereocenters. The molecule has 0 fully saturated rings. The lowest BCUT2D eigenvalue weighted by atomic mass is 9.93. The summed E-state index contributed by atoms with van der Waals surface area (Å²) >= 11 is 0. The van der Waals surface area contributed by atoms with Gasteiger partial charge in [-0.1, -0.05) is 12.1 Å². The molecule has 2 amide bonds. The minimum atomic E-state index is -4.13. The normalized spacial score (nSPS) is 15.2. The summed E-state index contributed by atoms with van der Waals surface area (Å²) in [6, 6.07) is 7.40. The summed E-state index contributed by atoms with van der Waals surface area (Å²) < 4.78 is 27.7. The number of nitrogens with zero attached hydrogens (tertiary/aromatic N) is 1. The number of anilines is 1. The first-order valence-electron chi connectivity index (χ1n) is 10.4. The maximum absolute atomic E-state index is 12.8. The van der Waals surface area contributed by atoms with Crippen LogP contribution < -0.4 is 10.0 Å². The van der Waals surface area contributed by atoms with E-state index in [9.17, 15) is 23.6 Å². The molecule has 2 aliphatic rings. The van der Waals surface area contributed by atoms with Crippen LogP contribution in [0.25, 0.3) is 0 Å². The van der Waals surface area contributed by atoms with Crippen LogP contribution in [0.3, 0.4) is 0 Å². The highest BCUT2D eigenvalue weighted by atomic mass is 32.2. The molecule has 8 heteroatoms. The molecule has 2 aliphatic carbocycles. The molecule has 162 valence electrons. The lowest BCUT2D eigenvalue weighted by Gasteiger charge is -2.19. The number of nitrogens with one attached hydrogen (secondary N) is 2. The molecule has 4 rings (SSSR count). The van der Waals surface area contributed by atoms with Crippen molar-refractivity contribution in [3.8, 4) is 6.07 Å². The van der Waals surface area contributed by atoms with Gasteiger partial charge in [0, 0.05) is 5.69 Å². The van der Waals surface area contributed by atoms with Gasteiger partial charge in [-0.3, -0.25) is 0 Å². The third-order valence-corrected chi connectivity index (χ3v) is 7.40. The van der Waals surface area contributed by atoms with E-state index in [1.165, 1.54) is 18.2 Å². The van der Waals surface area contributed by atoms with Gasteiger partial charge < -0.3 is 10.4 Å². The maximum Gasteiger partial charge on any atom is 0.333 e. The van der Waals surface area contributed by atoms with E-state index in [4.69, 9.17) is 0 Å². The standard InChI is InChI=1S/C23H25N3O4S/c1-23(2,28)14-6-3-7-15(12-14)31(29,30)26-22(27)25-21-18-10-4-8-16(18)20(13-24)17-9-5-11-19(17)21/h3,6-7,12,28H,4-5,8-11H2,1-2H3,(H2,25,26,27). The summed E-state index contributed by atoms with van der Waals surface area (Å²) in [5.74, 6) is 0. The van der Waals surface area contributed by atoms with Crippen LogP contribution >= 0.6 is 0 Å². The summed E-state index contributed by atoms with van der Waals surface area (Å²) in [5, 5.41) is 22.6. The second kappa shape index (κ2) is 7.66. The van der Waals surface area contributed by atoms with E-state index in [1.54, 1.807) is 19.9 Å². The zero-order chi connectivity index (χ0) is 22.4. The maximum atomic E-state index is 12.8. The number of amides is 2. The van der Waals surface area contributed by atoms with Crippen LogP contribution in [-0.4, -0.2) is 19.6 Å². The number of carbonyl (C=O) groups excluding carboxylic acids is 1. The van der Waals surface area contributed by atoms with Crippen molar-refractivity contribution in [3.05, 3.63) is 57.6 Å². The molecule has 3 N–H and O–H groups in total. The first-order chi connectivity index (χ1) is 14.6. The number of nitriles is 1. The van der Waals surface area contributed by atoms with Crippen LogP contribution in [0, 0.1) is 11.3 Å². The van der Waals surface area contributed by atoms with Gasteiger partial charge >= 0.3 is 6.03 Å². The third kappa shape index (κ3) is 3.91. The largest absolute Gasteiger partial charge is 0.386 e. The van der Waals surface area contributed by atoms with E-state index in [1.807, 2.05) is 0 Å². The first-order valence-corrected chi connectivity index (χ1v) is 11.9. The Morgan fingerprint density at radius 2 is 1.65 bits per heavy atom. The number of benzene rings is 2. The summed E-state index contributed by atoms with van der Waals surface area (Å²) in [4.78, 5) is 12.6. The Morgan fingerprint density at radius 3 is 2.19 bits per heavy atom. The van der Waals surface area contributed by atoms with E-state index >= 15 is 0 Å². The van der Waals surface area contributed by atoms with Gasteiger partial charge in [-0.05, 0) is 92.3 Å². The molecular formula is C23H25N3O4S. The molecule has 31 heavy (non-hydrogen) atoms. The molecule has 0 spiro atoms. The second-order valence-corrected chi connectivity index (χ2v) is 10.3. The topological polar surface area (TPSA) is 119 Å². The highest BCUT2D eigenvalue weighted by molar-refractivity contribution is 7.90. The van der Waals surface area contributed by atoms with Gasteiger partial charge in [-0.15, -0.1) is 0 Å². The smallest absolute Gasteiger partial charge is 0.333 e. The van der Waals surface area contributed by atoms with Gasteiger partial charge in [0.2, 0.25) is 0 Å². The summed E-state index contributed by atoms with van der Waals surface area (Å²) in [7, 11) is -4.13. The molecule has 0 aromatic heterocycles. The fourth-order valence-corrected chi connectivity index (χ4v) is 5.56. The van der Waals surface area contributed by atoms with E-state index in [-0.39, 0.29) is 4.90 Å². The fraction of sp³-hybridized carbons (Fsp3) is 0.391. The monoisotopic (exact) mass is 439 g/mol. The Hall–Kier alpha value is -2.89. The Labute approximate surface area is 182 Å². The fourth-order valence-electron chi connectivity index (χ4n) is 4.60. The number of urea groups is 1. The van der Waals surface area contributed by atoms with Crippen molar-refractivity contribution in [1.29, 1.82) is 5.26 Å². The van der Waals surface area contributed by atoms with Crippen molar-refractivity contribution >= 4 is 21.7 Å². The molecular weight excluding hydrogens is 414 g/mol. The van der Waals surface area contributed by atoms with E-state index in [2.05, 4.69) is 16.1 Å². The molecule has 0 saturated heterocycles. The van der Waals surface area contributed by atoms with Crippen molar-refractivity contribution in [2.45, 2.75) is 62.9 Å². The Bertz CT molecular complexity index is 1190. The molecule has 0 unspecified atom stereocenters. The van der Waals surface area contributed by atoms with Gasteiger partial charge in [-0.25, -0.2) is 17.9 Å². The van der Waals surface area contributed by atoms with Crippen LogP contribution in [0.5, 0.6) is 0 Å². The van der Waals surface area contributed by atoms with E-state index < -0.39 is 21.7 Å². The predicted molar refractivity (Wildman–Crippen MR) is 116 cm³/mol. The van der Waals surface area contributed by atoms with E-state index in [0.717, 1.165) is 66.3 Å². The summed E-state index contributed by atoms with van der Waals surface area (Å²) in [5.41, 5.74) is 4.50. The highest BCUT2D eigenvalue weighted by Crippen LogP contribution is 2.41. The van der Waals surface area contributed by atoms with Crippen LogP contribution in [0.15, 0.2) is 29.2 Å². The number of carbonyl (C=O) groups is 1. The average Bonchev–Trinajstić information content (AvgIpc) is 3.37. The third-order valence-electron chi connectivity index (χ3n) is 6.07. The van der Waals surface area contributed by atoms with Crippen LogP contribution in [0.1, 0.15) is 60.1 Å². The molecule has 0 saturated carbocycles. The number of hydrogen-bond acceptors (Lipinski definition) is 5. The second-order valence-electron chi connectivity index (χ2n) is 8.63. The van der Waals surface area contributed by atoms with Crippen molar-refractivity contribution in [2.24, 2.45) is 0 Å². The molecule has 7 nitrogen and oxygen atoms in total. The van der Waals surface area contributed by atoms with Crippen molar-refractivity contribution in [3.63, 3.8) is 0 Å². The predicted octanol–water partition coefficient (Wildman–Crippen LogP) is 3.27. The summed E-state index contributed by atoms with van der Waals surface area (Å²) in [6.07, 6.45) is 4.92. The Morgan fingerprint density at radius 1 is 1.06 bits per heavy atom. The zero-order valence-electron chi connectivity index (χ0n) is 17.6. The van der Waals surface area contributed by atoms with Crippen LogP contribution in [0.2, 0.25) is 0 Å². The van der Waals surface area contributed by atoms with Gasteiger partial charge in [0.15, 0.2) is 0 Å². The highest BCUT2D eigenvalue weighted by Gasteiger charge is 2.30. The van der Waals surface area contributed by atoms with Crippen molar-refractivity contribution < 1.29 is 18.3 Å². The number of hydrogen-bond donors (Lipinski definition) is 3.